The summed E-state index contributed by atoms with van der Waals surface area (Å²) in [7, 11) is 1.95. The third-order valence-electron chi connectivity index (χ3n) is 5.09. The predicted octanol–water partition coefficient (Wildman–Crippen LogP) is 3.04. The van der Waals surface area contributed by atoms with Gasteiger partial charge in [-0.05, 0) is 56.8 Å². The van der Waals surface area contributed by atoms with E-state index in [9.17, 15) is 0 Å². The number of hydrogen-bond acceptors (Lipinski definition) is 4. The number of nitrogens with one attached hydrogen (secondary N) is 2. The molecule has 3 heterocycles. The highest BCUT2D eigenvalue weighted by Gasteiger charge is 2.37. The molecule has 1 aliphatic carbocycles. The fraction of sp³-hybridized carbons (Fsp3) is 0.529. The molecule has 0 amide bonds. The Bertz CT molecular complexity index is 658. The van der Waals surface area contributed by atoms with Gasteiger partial charge in [-0.25, -0.2) is 4.98 Å². The van der Waals surface area contributed by atoms with Crippen LogP contribution in [0, 0.1) is 18.8 Å². The van der Waals surface area contributed by atoms with Crippen molar-refractivity contribution in [2.75, 3.05) is 18.4 Å². The number of aryl methyl sites for hydroxylation is 2. The normalized spacial score (nSPS) is 24.8. The SMILES string of the molecule is Cc1nn(C)cc1-c1ccc(N[C@@H]2C[C@H]3CNC[C@H]3C2)nc1.Cl.Cl. The minimum atomic E-state index is 0. The van der Waals surface area contributed by atoms with E-state index in [1.54, 1.807) is 0 Å². The van der Waals surface area contributed by atoms with Crippen LogP contribution in [0.2, 0.25) is 0 Å². The molecule has 2 N–H and O–H groups in total. The van der Waals surface area contributed by atoms with Crippen molar-refractivity contribution < 1.29 is 0 Å². The van der Waals surface area contributed by atoms with Gasteiger partial charge in [-0.15, -0.1) is 24.8 Å². The molecule has 4 rings (SSSR count). The van der Waals surface area contributed by atoms with Crippen molar-refractivity contribution >= 4 is 30.6 Å². The molecule has 1 aliphatic heterocycles. The van der Waals surface area contributed by atoms with Gasteiger partial charge in [0.15, 0.2) is 0 Å². The van der Waals surface area contributed by atoms with Crippen LogP contribution in [-0.2, 0) is 7.05 Å². The Labute approximate surface area is 155 Å². The predicted molar refractivity (Wildman–Crippen MR) is 102 cm³/mol. The molecule has 1 saturated carbocycles. The van der Waals surface area contributed by atoms with E-state index < -0.39 is 0 Å². The molecule has 1 saturated heterocycles. The van der Waals surface area contributed by atoms with Gasteiger partial charge in [-0.2, -0.15) is 5.10 Å². The highest BCUT2D eigenvalue weighted by atomic mass is 35.5. The van der Waals surface area contributed by atoms with Crippen LogP contribution in [-0.4, -0.2) is 33.9 Å². The number of pyridine rings is 1. The van der Waals surface area contributed by atoms with Crippen LogP contribution in [0.4, 0.5) is 5.82 Å². The van der Waals surface area contributed by atoms with Gasteiger partial charge in [0.05, 0.1) is 5.69 Å². The highest BCUT2D eigenvalue weighted by molar-refractivity contribution is 5.85. The fourth-order valence-corrected chi connectivity index (χ4v) is 4.01. The van der Waals surface area contributed by atoms with Crippen LogP contribution >= 0.6 is 24.8 Å². The van der Waals surface area contributed by atoms with Crippen molar-refractivity contribution in [3.8, 4) is 11.1 Å². The summed E-state index contributed by atoms with van der Waals surface area (Å²) < 4.78 is 1.85. The lowest BCUT2D eigenvalue weighted by Gasteiger charge is -2.14. The Kier molecular flexibility index (Phi) is 6.12. The van der Waals surface area contributed by atoms with Crippen LogP contribution in [0.3, 0.4) is 0 Å². The van der Waals surface area contributed by atoms with Gasteiger partial charge in [0.2, 0.25) is 0 Å². The molecular weight excluding hydrogens is 345 g/mol. The first-order valence-electron chi connectivity index (χ1n) is 8.13. The number of nitrogens with zero attached hydrogens (tertiary/aromatic N) is 3. The van der Waals surface area contributed by atoms with Crippen molar-refractivity contribution in [1.29, 1.82) is 0 Å². The molecule has 0 spiro atoms. The van der Waals surface area contributed by atoms with Gasteiger partial charge >= 0.3 is 0 Å². The first-order valence-corrected chi connectivity index (χ1v) is 8.13. The molecule has 2 fully saturated rings. The van der Waals surface area contributed by atoms with Gasteiger partial charge in [-0.1, -0.05) is 0 Å². The number of hydrogen-bond donors (Lipinski definition) is 2. The van der Waals surface area contributed by atoms with E-state index >= 15 is 0 Å². The summed E-state index contributed by atoms with van der Waals surface area (Å²) >= 11 is 0. The maximum absolute atomic E-state index is 4.60. The molecule has 7 heteroatoms. The molecule has 0 bridgehead atoms. The molecule has 2 aliphatic rings. The largest absolute Gasteiger partial charge is 0.367 e. The van der Waals surface area contributed by atoms with Crippen molar-refractivity contribution in [1.82, 2.24) is 20.1 Å². The van der Waals surface area contributed by atoms with Crippen LogP contribution < -0.4 is 10.6 Å². The van der Waals surface area contributed by atoms with E-state index in [-0.39, 0.29) is 24.8 Å². The van der Waals surface area contributed by atoms with E-state index in [1.807, 2.05) is 31.0 Å². The minimum Gasteiger partial charge on any atom is -0.367 e. The number of anilines is 1. The number of fused-ring (bicyclic) bond motifs is 1. The van der Waals surface area contributed by atoms with Crippen LogP contribution in [0.5, 0.6) is 0 Å². The average Bonchev–Trinajstić information content (AvgIpc) is 3.15. The van der Waals surface area contributed by atoms with Gasteiger partial charge in [-0.3, -0.25) is 4.68 Å². The third kappa shape index (κ3) is 3.68. The first kappa shape index (κ1) is 19.0. The van der Waals surface area contributed by atoms with Gasteiger partial charge in [0, 0.05) is 36.6 Å². The third-order valence-corrected chi connectivity index (χ3v) is 5.09. The molecular formula is C17H25Cl2N5. The molecule has 3 atom stereocenters. The van der Waals surface area contributed by atoms with E-state index in [1.165, 1.54) is 25.9 Å². The van der Waals surface area contributed by atoms with Crippen molar-refractivity contribution in [3.63, 3.8) is 0 Å². The summed E-state index contributed by atoms with van der Waals surface area (Å²) in [5.74, 6) is 2.70. The zero-order valence-corrected chi connectivity index (χ0v) is 15.7. The second-order valence-corrected chi connectivity index (χ2v) is 6.73. The Hall–Kier alpha value is -1.30. The molecule has 0 unspecified atom stereocenters. The summed E-state index contributed by atoms with van der Waals surface area (Å²) in [6, 6.07) is 4.81. The second kappa shape index (κ2) is 7.72. The minimum absolute atomic E-state index is 0. The summed E-state index contributed by atoms with van der Waals surface area (Å²) in [5.41, 5.74) is 3.33. The molecule has 24 heavy (non-hydrogen) atoms. The molecule has 2 aromatic rings. The van der Waals surface area contributed by atoms with E-state index in [0.717, 1.165) is 34.5 Å². The van der Waals surface area contributed by atoms with E-state index in [2.05, 4.69) is 32.8 Å². The van der Waals surface area contributed by atoms with Crippen molar-refractivity contribution in [2.24, 2.45) is 18.9 Å². The molecule has 0 aromatic carbocycles. The van der Waals surface area contributed by atoms with Crippen LogP contribution in [0.25, 0.3) is 11.1 Å². The van der Waals surface area contributed by atoms with Crippen molar-refractivity contribution in [3.05, 3.63) is 30.2 Å². The zero-order chi connectivity index (χ0) is 15.1. The van der Waals surface area contributed by atoms with Crippen molar-refractivity contribution in [2.45, 2.75) is 25.8 Å². The Morgan fingerprint density at radius 1 is 1.17 bits per heavy atom. The topological polar surface area (TPSA) is 54.8 Å². The Morgan fingerprint density at radius 2 is 1.88 bits per heavy atom. The summed E-state index contributed by atoms with van der Waals surface area (Å²) in [5, 5.41) is 11.5. The van der Waals surface area contributed by atoms with Crippen LogP contribution in [0.1, 0.15) is 18.5 Å². The molecule has 0 radical (unpaired) electrons. The fourth-order valence-electron chi connectivity index (χ4n) is 4.01. The Balaban J connectivity index is 0.00000104. The quantitative estimate of drug-likeness (QED) is 0.872. The van der Waals surface area contributed by atoms with Gasteiger partial charge in [0.1, 0.15) is 5.82 Å². The lowest BCUT2D eigenvalue weighted by molar-refractivity contribution is 0.494. The maximum Gasteiger partial charge on any atom is 0.126 e. The Morgan fingerprint density at radius 3 is 2.42 bits per heavy atom. The van der Waals surface area contributed by atoms with Crippen LogP contribution in [0.15, 0.2) is 24.5 Å². The lowest BCUT2D eigenvalue weighted by Crippen LogP contribution is -2.20. The van der Waals surface area contributed by atoms with Gasteiger partial charge < -0.3 is 10.6 Å². The summed E-state index contributed by atoms with van der Waals surface area (Å²) in [6.07, 6.45) is 6.53. The maximum atomic E-state index is 4.60. The summed E-state index contributed by atoms with van der Waals surface area (Å²) in [4.78, 5) is 4.60. The number of halogens is 2. The monoisotopic (exact) mass is 369 g/mol. The molecule has 132 valence electrons. The van der Waals surface area contributed by atoms with E-state index in [0.29, 0.717) is 6.04 Å². The zero-order valence-electron chi connectivity index (χ0n) is 14.0. The first-order chi connectivity index (χ1) is 10.7. The van der Waals surface area contributed by atoms with Gasteiger partial charge in [0.25, 0.3) is 0 Å². The highest BCUT2D eigenvalue weighted by Crippen LogP contribution is 2.35. The number of rotatable bonds is 3. The summed E-state index contributed by atoms with van der Waals surface area (Å²) in [6.45, 7) is 4.41. The molecule has 5 nitrogen and oxygen atoms in total. The lowest BCUT2D eigenvalue weighted by atomic mass is 10.0. The average molecular weight is 370 g/mol. The standard InChI is InChI=1S/C17H23N5.2ClH/c1-11-16(10-22(2)21-11)12-3-4-17(19-9-12)20-15-5-13-7-18-8-14(13)6-15;;/h3-4,9-10,13-15,18H,5-8H2,1-2H3,(H,19,20);2*1H/t13-,14+,15+;;. The number of aromatic nitrogens is 3. The molecule has 2 aromatic heterocycles. The second-order valence-electron chi connectivity index (χ2n) is 6.73. The van der Waals surface area contributed by atoms with E-state index in [4.69, 9.17) is 0 Å². The smallest absolute Gasteiger partial charge is 0.126 e.